The van der Waals surface area contributed by atoms with E-state index in [9.17, 15) is 4.79 Å². The van der Waals surface area contributed by atoms with Gasteiger partial charge in [0.15, 0.2) is 11.5 Å². The number of hydrogen-bond acceptors (Lipinski definition) is 7. The maximum atomic E-state index is 12.6. The zero-order chi connectivity index (χ0) is 16.5. The zero-order valence-corrected chi connectivity index (χ0v) is 13.0. The summed E-state index contributed by atoms with van der Waals surface area (Å²) in [5, 5.41) is 0. The van der Waals surface area contributed by atoms with E-state index in [1.807, 2.05) is 4.90 Å². The van der Waals surface area contributed by atoms with Crippen LogP contribution in [0.15, 0.2) is 31.0 Å². The van der Waals surface area contributed by atoms with Crippen LogP contribution in [0.1, 0.15) is 0 Å². The van der Waals surface area contributed by atoms with Gasteiger partial charge >= 0.3 is 0 Å². The lowest BCUT2D eigenvalue weighted by Crippen LogP contribution is -2.51. The highest BCUT2D eigenvalue weighted by atomic mass is 16.5. The molecule has 1 aliphatic rings. The minimum absolute atomic E-state index is 0.0132. The average molecular weight is 325 g/mol. The van der Waals surface area contributed by atoms with Gasteiger partial charge in [0.2, 0.25) is 11.8 Å². The highest BCUT2D eigenvalue weighted by Gasteiger charge is 2.27. The van der Waals surface area contributed by atoms with Crippen molar-refractivity contribution in [2.24, 2.45) is 0 Å². The number of fused-ring (bicyclic) bond motifs is 1. The van der Waals surface area contributed by atoms with Gasteiger partial charge in [0.05, 0.1) is 25.7 Å². The molecule has 1 amide bonds. The van der Waals surface area contributed by atoms with Gasteiger partial charge in [-0.25, -0.2) is 19.9 Å². The molecule has 9 nitrogen and oxygen atoms in total. The molecule has 9 heteroatoms. The molecule has 4 rings (SSSR count). The van der Waals surface area contributed by atoms with Gasteiger partial charge in [0, 0.05) is 25.4 Å². The highest BCUT2D eigenvalue weighted by Crippen LogP contribution is 2.24. The van der Waals surface area contributed by atoms with Crippen LogP contribution in [0.5, 0.6) is 5.88 Å². The number of carbonyl (C=O) groups excluding carboxylic acids is 1. The van der Waals surface area contributed by atoms with Crippen molar-refractivity contribution in [3.8, 4) is 5.88 Å². The number of nitrogens with one attached hydrogen (secondary N) is 1. The lowest BCUT2D eigenvalue weighted by Gasteiger charge is -2.34. The summed E-state index contributed by atoms with van der Waals surface area (Å²) in [6.07, 6.45) is 4.67. The van der Waals surface area contributed by atoms with E-state index in [2.05, 4.69) is 24.9 Å². The van der Waals surface area contributed by atoms with E-state index in [0.717, 1.165) is 11.2 Å². The smallest absolute Gasteiger partial charge is 0.246 e. The van der Waals surface area contributed by atoms with Crippen molar-refractivity contribution in [1.29, 1.82) is 0 Å². The van der Waals surface area contributed by atoms with Crippen LogP contribution in [0, 0.1) is 0 Å². The molecule has 3 aromatic heterocycles. The SMILES string of the molecule is COc1cc(N2CCN(c3ncnc4nc[nH]c34)CC2=O)ccn1. The fourth-order valence-corrected chi connectivity index (χ4v) is 2.80. The Morgan fingerprint density at radius 2 is 2.12 bits per heavy atom. The number of pyridine rings is 1. The average Bonchev–Trinajstić information content (AvgIpc) is 3.10. The molecular formula is C15H15N7O2. The first kappa shape index (κ1) is 14.4. The molecule has 1 N–H and O–H groups in total. The Morgan fingerprint density at radius 1 is 1.21 bits per heavy atom. The van der Waals surface area contributed by atoms with Gasteiger partial charge in [0.25, 0.3) is 0 Å². The quantitative estimate of drug-likeness (QED) is 0.753. The number of nitrogens with zero attached hydrogens (tertiary/aromatic N) is 6. The summed E-state index contributed by atoms with van der Waals surface area (Å²) in [5.41, 5.74) is 2.11. The van der Waals surface area contributed by atoms with Gasteiger partial charge in [-0.2, -0.15) is 0 Å². The molecular weight excluding hydrogens is 310 g/mol. The number of hydrogen-bond donors (Lipinski definition) is 1. The van der Waals surface area contributed by atoms with Crippen LogP contribution in [0.25, 0.3) is 11.2 Å². The van der Waals surface area contributed by atoms with E-state index in [-0.39, 0.29) is 12.5 Å². The van der Waals surface area contributed by atoms with Crippen LogP contribution in [0.3, 0.4) is 0 Å². The topological polar surface area (TPSA) is 100 Å². The minimum Gasteiger partial charge on any atom is -0.481 e. The third kappa shape index (κ3) is 2.39. The molecule has 1 fully saturated rings. The number of amides is 1. The van der Waals surface area contributed by atoms with E-state index in [0.29, 0.717) is 30.4 Å². The van der Waals surface area contributed by atoms with Gasteiger partial charge in [0.1, 0.15) is 11.8 Å². The molecule has 0 unspecified atom stereocenters. The van der Waals surface area contributed by atoms with Crippen molar-refractivity contribution in [3.63, 3.8) is 0 Å². The first-order chi connectivity index (χ1) is 11.8. The van der Waals surface area contributed by atoms with E-state index in [1.54, 1.807) is 36.7 Å². The fraction of sp³-hybridized carbons (Fsp3) is 0.267. The molecule has 122 valence electrons. The second-order valence-electron chi connectivity index (χ2n) is 5.32. The van der Waals surface area contributed by atoms with E-state index in [4.69, 9.17) is 4.74 Å². The van der Waals surface area contributed by atoms with Gasteiger partial charge in [-0.1, -0.05) is 0 Å². The Hall–Kier alpha value is -3.23. The Kier molecular flexibility index (Phi) is 3.45. The molecule has 0 spiro atoms. The first-order valence-electron chi connectivity index (χ1n) is 7.45. The molecule has 1 saturated heterocycles. The van der Waals surface area contributed by atoms with Crippen molar-refractivity contribution < 1.29 is 9.53 Å². The van der Waals surface area contributed by atoms with Gasteiger partial charge in [-0.3, -0.25) is 4.79 Å². The number of ether oxygens (including phenoxy) is 1. The predicted octanol–water partition coefficient (Wildman–Crippen LogP) is 0.610. The Balaban J connectivity index is 1.58. The highest BCUT2D eigenvalue weighted by molar-refractivity contribution is 5.98. The maximum absolute atomic E-state index is 12.6. The summed E-state index contributed by atoms with van der Waals surface area (Å²) in [5.74, 6) is 1.16. The molecule has 1 aliphatic heterocycles. The number of H-pyrrole nitrogens is 1. The number of methoxy groups -OCH3 is 1. The first-order valence-corrected chi connectivity index (χ1v) is 7.45. The van der Waals surface area contributed by atoms with Crippen LogP contribution in [0.4, 0.5) is 11.5 Å². The monoisotopic (exact) mass is 325 g/mol. The van der Waals surface area contributed by atoms with E-state index < -0.39 is 0 Å². The number of carbonyl (C=O) groups is 1. The fourth-order valence-electron chi connectivity index (χ4n) is 2.80. The number of aromatic amines is 1. The predicted molar refractivity (Wildman–Crippen MR) is 87.0 cm³/mol. The molecule has 24 heavy (non-hydrogen) atoms. The number of aromatic nitrogens is 5. The van der Waals surface area contributed by atoms with Crippen molar-refractivity contribution in [2.75, 3.05) is 36.5 Å². The molecule has 0 radical (unpaired) electrons. The van der Waals surface area contributed by atoms with Crippen molar-refractivity contribution in [3.05, 3.63) is 31.0 Å². The molecule has 0 atom stereocenters. The standard InChI is InChI=1S/C15H15N7O2/c1-24-11-6-10(2-3-16-11)22-5-4-21(7-12(22)23)15-13-14(18-8-17-13)19-9-20-15/h2-3,6,8-9H,4-5,7H2,1H3,(H,17,18,19,20). The van der Waals surface area contributed by atoms with E-state index >= 15 is 0 Å². The third-order valence-electron chi connectivity index (χ3n) is 3.96. The summed E-state index contributed by atoms with van der Waals surface area (Å²) in [7, 11) is 1.55. The minimum atomic E-state index is -0.0132. The van der Waals surface area contributed by atoms with Crippen LogP contribution in [0.2, 0.25) is 0 Å². The number of imidazole rings is 1. The number of piperazine rings is 1. The third-order valence-corrected chi connectivity index (χ3v) is 3.96. The molecule has 0 saturated carbocycles. The summed E-state index contributed by atoms with van der Waals surface area (Å²) in [6.45, 7) is 1.43. The summed E-state index contributed by atoms with van der Waals surface area (Å²) in [4.78, 5) is 35.9. The lowest BCUT2D eigenvalue weighted by molar-refractivity contribution is -0.117. The summed E-state index contributed by atoms with van der Waals surface area (Å²) in [6, 6.07) is 3.55. The van der Waals surface area contributed by atoms with Crippen LogP contribution in [-0.2, 0) is 4.79 Å². The van der Waals surface area contributed by atoms with Crippen LogP contribution >= 0.6 is 0 Å². The normalized spacial score (nSPS) is 15.1. The molecule has 0 bridgehead atoms. The summed E-state index contributed by atoms with van der Waals surface area (Å²) >= 11 is 0. The van der Waals surface area contributed by atoms with Crippen LogP contribution in [-0.4, -0.2) is 57.6 Å². The largest absolute Gasteiger partial charge is 0.481 e. The van der Waals surface area contributed by atoms with Gasteiger partial charge < -0.3 is 19.5 Å². The summed E-state index contributed by atoms with van der Waals surface area (Å²) < 4.78 is 5.12. The Bertz CT molecular complexity index is 894. The molecule has 0 aromatic carbocycles. The Labute approximate surface area is 137 Å². The lowest BCUT2D eigenvalue weighted by atomic mass is 10.2. The van der Waals surface area contributed by atoms with Gasteiger partial charge in [-0.15, -0.1) is 0 Å². The molecule has 3 aromatic rings. The maximum Gasteiger partial charge on any atom is 0.246 e. The number of rotatable bonds is 3. The van der Waals surface area contributed by atoms with Crippen molar-refractivity contribution >= 4 is 28.6 Å². The second-order valence-corrected chi connectivity index (χ2v) is 5.32. The second kappa shape index (κ2) is 5.76. The van der Waals surface area contributed by atoms with Crippen LogP contribution < -0.4 is 14.5 Å². The molecule has 4 heterocycles. The van der Waals surface area contributed by atoms with Gasteiger partial charge in [-0.05, 0) is 6.07 Å². The Morgan fingerprint density at radius 3 is 2.96 bits per heavy atom. The number of anilines is 2. The van der Waals surface area contributed by atoms with E-state index in [1.165, 1.54) is 6.33 Å². The zero-order valence-electron chi connectivity index (χ0n) is 13.0. The van der Waals surface area contributed by atoms with Crippen molar-refractivity contribution in [1.82, 2.24) is 24.9 Å². The molecule has 0 aliphatic carbocycles. The van der Waals surface area contributed by atoms with Crippen molar-refractivity contribution in [2.45, 2.75) is 0 Å².